The third kappa shape index (κ3) is 34.5. The second kappa shape index (κ2) is 48.9. The van der Waals surface area contributed by atoms with E-state index in [2.05, 4.69) is 47.0 Å². The number of phenolic OH excluding ortho intramolecular Hbond substituents is 4. The van der Waals surface area contributed by atoms with Gasteiger partial charge in [0.2, 0.25) is 0 Å². The molecule has 0 spiro atoms. The fourth-order valence-corrected chi connectivity index (χ4v) is 9.42. The average molecular weight is 1550 g/mol. The molecule has 0 saturated heterocycles. The zero-order chi connectivity index (χ0) is 75.7. The molecule has 0 unspecified atom stereocenters. The third-order valence-electron chi connectivity index (χ3n) is 11.2. The second-order valence-corrected chi connectivity index (χ2v) is 24.1. The molecule has 0 amide bonds. The van der Waals surface area contributed by atoms with Crippen molar-refractivity contribution in [3.63, 3.8) is 0 Å². The number of non-ortho nitro benzene ring substituents is 2. The van der Waals surface area contributed by atoms with Crippen molar-refractivity contribution < 1.29 is 158 Å². The van der Waals surface area contributed by atoms with E-state index in [0.717, 1.165) is 12.1 Å². The first-order chi connectivity index (χ1) is 46.5. The average Bonchev–Trinajstić information content (AvgIpc) is 0.778. The van der Waals surface area contributed by atoms with Crippen LogP contribution in [0.5, 0.6) is 23.0 Å². The zero-order valence-electron chi connectivity index (χ0n) is 57.4. The van der Waals surface area contributed by atoms with E-state index in [0.29, 0.717) is 89.7 Å². The first-order valence-electron chi connectivity index (χ1n) is 28.0. The topological polar surface area (TPSA) is 749 Å². The number of nitro benzene ring substituents is 2. The maximum Gasteiger partial charge on any atom is 1.00 e. The Balaban J connectivity index is -0.000000243. The molecule has 0 atom stereocenters. The summed E-state index contributed by atoms with van der Waals surface area (Å²) in [6.45, 7) is 7.09. The third-order valence-corrected chi connectivity index (χ3v) is 14.6. The molecule has 48 heteroatoms. The van der Waals surface area contributed by atoms with Gasteiger partial charge in [-0.05, 0) is 59.3 Å². The van der Waals surface area contributed by atoms with Gasteiger partial charge in [-0.2, -0.15) is 33.7 Å². The Kier molecular flexibility index (Phi) is 46.1. The molecule has 6 rings (SSSR count). The molecule has 27 N–H and O–H groups in total. The molecular formula is C52H84CrN13O30S4+5. The van der Waals surface area contributed by atoms with Crippen LogP contribution in [0.2, 0.25) is 0 Å². The summed E-state index contributed by atoms with van der Waals surface area (Å²) in [5, 5.41) is 173. The Morgan fingerprint density at radius 1 is 0.360 bits per heavy atom. The minimum Gasteiger partial charge on any atom is -0.505 e. The number of aliphatic hydroxyl groups is 10. The molecule has 0 aliphatic carbocycles. The second-order valence-electron chi connectivity index (χ2n) is 18.5. The maximum absolute atomic E-state index is 11.8. The minimum absolute atomic E-state index is 0. The van der Waals surface area contributed by atoms with Crippen molar-refractivity contribution in [2.45, 2.75) is 19.6 Å². The van der Waals surface area contributed by atoms with Crippen molar-refractivity contribution in [2.24, 2.45) is 20.5 Å². The number of nitro groups is 2. The molecule has 100 heavy (non-hydrogen) atoms. The van der Waals surface area contributed by atoms with Crippen LogP contribution in [-0.4, -0.2) is 265 Å². The first kappa shape index (κ1) is 94.3. The number of hydrogen-bond donors (Lipinski definition) is 25. The van der Waals surface area contributed by atoms with Gasteiger partial charge in [0.1, 0.15) is 42.3 Å². The number of benzene rings is 6. The quantitative estimate of drug-likeness (QED) is 0.00620. The van der Waals surface area contributed by atoms with Gasteiger partial charge in [0.25, 0.3) is 51.8 Å². The summed E-state index contributed by atoms with van der Waals surface area (Å²) in [5.74, 6) is -4.02. The number of rotatable bonds is 30. The van der Waals surface area contributed by atoms with Crippen LogP contribution in [0.1, 0.15) is 7.13 Å². The smallest absolute Gasteiger partial charge is 0.505 e. The Hall–Kier alpha value is -7.79. The van der Waals surface area contributed by atoms with E-state index in [-0.39, 0.29) is 123 Å². The number of phenols is 4. The number of azo groups is 2. The molecule has 0 aliphatic rings. The number of nitrogens with two attached hydrogens (primary N) is 2. The summed E-state index contributed by atoms with van der Waals surface area (Å²) in [6, 6.07) is 11.7. The van der Waals surface area contributed by atoms with Crippen LogP contribution >= 0.6 is 0 Å². The minimum atomic E-state index is -5.12. The van der Waals surface area contributed by atoms with Crippen LogP contribution in [0.15, 0.2) is 113 Å². The molecule has 0 saturated carbocycles. The van der Waals surface area contributed by atoms with Gasteiger partial charge in [-0.1, -0.05) is 0 Å². The molecule has 43 nitrogen and oxygen atoms in total. The summed E-state index contributed by atoms with van der Waals surface area (Å²) in [7, 11) is -20.2. The van der Waals surface area contributed by atoms with Gasteiger partial charge in [-0.25, -0.2) is 0 Å². The number of nitrogens with zero attached hydrogens (tertiary/aromatic N) is 6. The molecule has 0 bridgehead atoms. The van der Waals surface area contributed by atoms with Gasteiger partial charge in [0, 0.05) is 129 Å². The molecule has 0 heterocycles. The van der Waals surface area contributed by atoms with E-state index in [4.69, 9.17) is 62.5 Å². The van der Waals surface area contributed by atoms with Crippen LogP contribution in [0.3, 0.4) is 0 Å². The Morgan fingerprint density at radius 2 is 0.590 bits per heavy atom. The number of hydrogen-bond acceptors (Lipinski definition) is 37. The van der Waals surface area contributed by atoms with Gasteiger partial charge >= 0.3 is 7.13 Å². The Morgan fingerprint density at radius 3 is 0.790 bits per heavy atom. The van der Waals surface area contributed by atoms with E-state index in [1.54, 1.807) is 0 Å². The van der Waals surface area contributed by atoms with E-state index >= 15 is 0 Å². The number of nitrogen functional groups attached to an aromatic ring is 2. The molecule has 0 fully saturated rings. The molecule has 0 aromatic heterocycles. The van der Waals surface area contributed by atoms with Crippen molar-refractivity contribution in [1.82, 2.24) is 26.6 Å². The van der Waals surface area contributed by atoms with Gasteiger partial charge in [0.15, 0.2) is 23.0 Å². The summed E-state index contributed by atoms with van der Waals surface area (Å²) in [5.41, 5.74) is 6.52. The number of nitrogens with one attached hydrogen (secondary N) is 5. The molecule has 6 aromatic carbocycles. The van der Waals surface area contributed by atoms with E-state index in [1.165, 1.54) is 36.4 Å². The largest absolute Gasteiger partial charge is 1.00 e. The summed E-state index contributed by atoms with van der Waals surface area (Å²) < 4.78 is 130. The fourth-order valence-electron chi connectivity index (χ4n) is 6.86. The van der Waals surface area contributed by atoms with Crippen molar-refractivity contribution in [1.29, 1.82) is 0 Å². The number of anilines is 2. The molecular weight excluding hydrogens is 1470 g/mol. The standard InChI is InChI=1S/2C16H12N4O10S2.5C4H11NO2.Cr/c2*17-8-1-2-10-7(3-8)4-12(31(25,26)27)14(15(10)21)19-18-11-5-9(20(23)24)6-13(16(11)22)32(28,29)30;5*6-3-1-5-2-4-7;/h2*1-6,21-22H,17H2,(H,25,26,27)(H,28,29,30);5*5-7H,1-4H2;/p+5. The van der Waals surface area contributed by atoms with E-state index < -0.39 is 127 Å². The van der Waals surface area contributed by atoms with E-state index in [1.807, 2.05) is 0 Å². The summed E-state index contributed by atoms with van der Waals surface area (Å²) in [6.07, 6.45) is 0. The van der Waals surface area contributed by atoms with Gasteiger partial charge in [-0.3, -0.25) is 38.4 Å². The van der Waals surface area contributed by atoms with Crippen LogP contribution in [0, 0.1) is 20.2 Å². The number of aromatic hydroxyl groups is 4. The number of fused-ring (bicyclic) bond motifs is 2. The molecule has 0 radical (unpaired) electrons. The molecule has 6 aromatic rings. The maximum atomic E-state index is 11.8. The van der Waals surface area contributed by atoms with Gasteiger partial charge in [-0.15, -0.1) is 20.5 Å². The predicted octanol–water partition coefficient (Wildman–Crippen LogP) is -1.34. The van der Waals surface area contributed by atoms with Crippen LogP contribution < -0.4 is 38.1 Å². The van der Waals surface area contributed by atoms with Crippen LogP contribution in [0.4, 0.5) is 45.5 Å². The SMILES string of the molecule is Nc1ccc2c(O)c(N=Nc3cc([N+](=O)[O-])cc(S(=O)(=O)O)c3O)c(S(=O)(=O)O)cc2c1.Nc1ccc2c(O)c(N=Nc3cc([N+](=O)[O-])cc(S(=O)(=O)O)c3O)c(S(=O)(=O)O)cc2c1.OCCNCCO.OCCNCCO.OCCNCCO.OCCNCCO.OCCNCCO.[Cr].[H+].[H+].[H+].[H+].[H+]. The first-order valence-corrected chi connectivity index (χ1v) is 33.7. The fraction of sp³-hybridized carbons (Fsp3) is 0.385. The molecule has 562 valence electrons. The predicted molar refractivity (Wildman–Crippen MR) is 358 cm³/mol. The zero-order valence-corrected chi connectivity index (χ0v) is 56.9. The van der Waals surface area contributed by atoms with Crippen molar-refractivity contribution in [3.8, 4) is 23.0 Å². The van der Waals surface area contributed by atoms with Crippen LogP contribution in [0.25, 0.3) is 21.5 Å². The number of aliphatic hydroxyl groups excluding tert-OH is 10. The van der Waals surface area contributed by atoms with Crippen molar-refractivity contribution in [2.75, 3.05) is 143 Å². The molecule has 0 aliphatic heterocycles. The van der Waals surface area contributed by atoms with Crippen molar-refractivity contribution in [3.05, 3.63) is 93.0 Å². The van der Waals surface area contributed by atoms with E-state index in [9.17, 15) is 92.5 Å². The Bertz CT molecular complexity index is 3780. The monoisotopic (exact) mass is 1550 g/mol. The van der Waals surface area contributed by atoms with Gasteiger partial charge in [0.05, 0.1) is 75.9 Å². The normalized spacial score (nSPS) is 11.3. The van der Waals surface area contributed by atoms with Gasteiger partial charge < -0.3 is 110 Å². The van der Waals surface area contributed by atoms with Crippen LogP contribution in [-0.2, 0) is 57.8 Å². The van der Waals surface area contributed by atoms with Crippen molar-refractivity contribution >= 4 is 108 Å². The Labute approximate surface area is 588 Å². The summed E-state index contributed by atoms with van der Waals surface area (Å²) >= 11 is 0. The summed E-state index contributed by atoms with van der Waals surface area (Å²) in [4.78, 5) is 15.6.